The van der Waals surface area contributed by atoms with Gasteiger partial charge in [0.25, 0.3) is 5.91 Å². The van der Waals surface area contributed by atoms with Crippen LogP contribution < -0.4 is 10.2 Å². The number of aryl methyl sites for hydroxylation is 1. The summed E-state index contributed by atoms with van der Waals surface area (Å²) in [6.07, 6.45) is 1.36. The summed E-state index contributed by atoms with van der Waals surface area (Å²) < 4.78 is 5.06. The number of ether oxygens (including phenoxy) is 1. The predicted octanol–water partition coefficient (Wildman–Crippen LogP) is 2.67. The number of ketones is 1. The molecular weight excluding hydrogens is 384 g/mol. The number of hydrogen-bond donors (Lipinski definition) is 1. The van der Waals surface area contributed by atoms with Crippen molar-refractivity contribution in [1.29, 1.82) is 0 Å². The molecule has 0 saturated carbocycles. The maximum Gasteiger partial charge on any atom is 0.328 e. The number of amides is 2. The Hall–Kier alpha value is -3.48. The third kappa shape index (κ3) is 5.11. The van der Waals surface area contributed by atoms with E-state index in [9.17, 15) is 19.2 Å². The smallest absolute Gasteiger partial charge is 0.328 e. The van der Waals surface area contributed by atoms with Gasteiger partial charge in [0.05, 0.1) is 0 Å². The maximum absolute atomic E-state index is 12.3. The van der Waals surface area contributed by atoms with Crippen LogP contribution in [0.5, 0.6) is 0 Å². The molecule has 7 heteroatoms. The molecule has 0 bridgehead atoms. The highest BCUT2D eigenvalue weighted by Crippen LogP contribution is 2.21. The van der Waals surface area contributed by atoms with Gasteiger partial charge in [-0.2, -0.15) is 0 Å². The Morgan fingerprint density at radius 2 is 1.83 bits per heavy atom. The number of Topliss-reactive ketones (excluding diaryl/α,β-unsaturated/α-hetero) is 1. The van der Waals surface area contributed by atoms with E-state index in [0.29, 0.717) is 24.1 Å². The molecule has 1 atom stereocenters. The lowest BCUT2D eigenvalue weighted by Crippen LogP contribution is -2.40. The summed E-state index contributed by atoms with van der Waals surface area (Å²) in [5, 5.41) is 2.57. The largest absolute Gasteiger partial charge is 0.456 e. The number of carbonyl (C=O) groups is 4. The van der Waals surface area contributed by atoms with Crippen LogP contribution in [-0.4, -0.2) is 42.8 Å². The van der Waals surface area contributed by atoms with E-state index in [2.05, 4.69) is 5.32 Å². The summed E-state index contributed by atoms with van der Waals surface area (Å²) in [6, 6.07) is 12.8. The monoisotopic (exact) mass is 408 g/mol. The van der Waals surface area contributed by atoms with Crippen molar-refractivity contribution in [3.8, 4) is 0 Å². The lowest BCUT2D eigenvalue weighted by atomic mass is 10.1. The van der Waals surface area contributed by atoms with E-state index >= 15 is 0 Å². The molecule has 0 radical (unpaired) electrons. The molecule has 0 spiro atoms. The zero-order valence-electron chi connectivity index (χ0n) is 17.0. The summed E-state index contributed by atoms with van der Waals surface area (Å²) in [5.41, 5.74) is 2.51. The Morgan fingerprint density at radius 1 is 1.10 bits per heavy atom. The quantitative estimate of drug-likeness (QED) is 0.562. The van der Waals surface area contributed by atoms with Gasteiger partial charge >= 0.3 is 5.97 Å². The Balaban J connectivity index is 1.50. The fourth-order valence-corrected chi connectivity index (χ4v) is 3.22. The van der Waals surface area contributed by atoms with Gasteiger partial charge in [-0.3, -0.25) is 14.4 Å². The average Bonchev–Trinajstić information content (AvgIpc) is 3.17. The molecule has 7 nitrogen and oxygen atoms in total. The molecule has 2 amide bonds. The van der Waals surface area contributed by atoms with Crippen molar-refractivity contribution >= 4 is 29.3 Å². The lowest BCUT2D eigenvalue weighted by Gasteiger charge is -2.16. The second-order valence-electron chi connectivity index (χ2n) is 7.29. The fourth-order valence-electron chi connectivity index (χ4n) is 3.22. The highest BCUT2D eigenvalue weighted by atomic mass is 16.5. The van der Waals surface area contributed by atoms with E-state index < -0.39 is 18.6 Å². The number of benzene rings is 2. The predicted molar refractivity (Wildman–Crippen MR) is 111 cm³/mol. The molecule has 156 valence electrons. The van der Waals surface area contributed by atoms with Crippen molar-refractivity contribution < 1.29 is 23.9 Å². The van der Waals surface area contributed by atoms with Crippen LogP contribution >= 0.6 is 0 Å². The third-order valence-electron chi connectivity index (χ3n) is 4.90. The minimum Gasteiger partial charge on any atom is -0.456 e. The van der Waals surface area contributed by atoms with Crippen LogP contribution in [0, 0.1) is 6.92 Å². The van der Waals surface area contributed by atoms with Crippen LogP contribution in [0.25, 0.3) is 0 Å². The van der Waals surface area contributed by atoms with Gasteiger partial charge in [-0.1, -0.05) is 17.7 Å². The van der Waals surface area contributed by atoms with Crippen LogP contribution in [0.4, 0.5) is 5.69 Å². The molecule has 3 rings (SSSR count). The highest BCUT2D eigenvalue weighted by molar-refractivity contribution is 6.00. The number of esters is 1. The van der Waals surface area contributed by atoms with E-state index in [0.717, 1.165) is 17.7 Å². The first-order valence-electron chi connectivity index (χ1n) is 9.83. The number of hydrogen-bond acceptors (Lipinski definition) is 5. The molecule has 1 aliphatic rings. The maximum atomic E-state index is 12.3. The number of carbonyl (C=O) groups excluding carboxylic acids is 4. The second-order valence-corrected chi connectivity index (χ2v) is 7.29. The molecule has 1 heterocycles. The normalized spacial score (nSPS) is 14.3. The standard InChI is InChI=1S/C23H24N2O5/c1-15-5-3-6-18(13-15)22(28)24-16(2)23(29)30-14-20(26)17-8-10-19(11-9-17)25-12-4-7-21(25)27/h3,5-6,8-11,13,16H,4,7,12,14H2,1-2H3,(H,24,28)/t16-/m0/s1. The van der Waals surface area contributed by atoms with Crippen molar-refractivity contribution in [3.63, 3.8) is 0 Å². The summed E-state index contributed by atoms with van der Waals surface area (Å²) in [4.78, 5) is 50.1. The van der Waals surface area contributed by atoms with E-state index in [4.69, 9.17) is 4.74 Å². The molecule has 1 saturated heterocycles. The number of rotatable bonds is 7. The van der Waals surface area contributed by atoms with Crippen LogP contribution in [0.15, 0.2) is 48.5 Å². The first kappa shape index (κ1) is 21.2. The van der Waals surface area contributed by atoms with Crippen molar-refractivity contribution in [2.75, 3.05) is 18.1 Å². The van der Waals surface area contributed by atoms with Gasteiger partial charge in [0, 0.05) is 29.8 Å². The molecule has 2 aromatic carbocycles. The van der Waals surface area contributed by atoms with Gasteiger partial charge in [0.1, 0.15) is 6.04 Å². The minimum atomic E-state index is -0.894. The Bertz CT molecular complexity index is 968. The van der Waals surface area contributed by atoms with Gasteiger partial charge in [0.15, 0.2) is 12.4 Å². The molecule has 0 aliphatic carbocycles. The van der Waals surface area contributed by atoms with Gasteiger partial charge < -0.3 is 15.0 Å². The summed E-state index contributed by atoms with van der Waals surface area (Å²) >= 11 is 0. The Morgan fingerprint density at radius 3 is 2.47 bits per heavy atom. The second kappa shape index (κ2) is 9.35. The number of nitrogens with zero attached hydrogens (tertiary/aromatic N) is 1. The number of anilines is 1. The zero-order valence-corrected chi connectivity index (χ0v) is 17.0. The molecule has 1 fully saturated rings. The minimum absolute atomic E-state index is 0.0738. The molecule has 30 heavy (non-hydrogen) atoms. The van der Waals surface area contributed by atoms with Crippen molar-refractivity contribution in [2.24, 2.45) is 0 Å². The van der Waals surface area contributed by atoms with E-state index in [1.165, 1.54) is 6.92 Å². The topological polar surface area (TPSA) is 92.8 Å². The van der Waals surface area contributed by atoms with Crippen LogP contribution in [0.1, 0.15) is 46.0 Å². The SMILES string of the molecule is Cc1cccc(C(=O)N[C@@H](C)C(=O)OCC(=O)c2ccc(N3CCCC3=O)cc2)c1. The molecule has 0 aromatic heterocycles. The van der Waals surface area contributed by atoms with Crippen LogP contribution in [-0.2, 0) is 14.3 Å². The van der Waals surface area contributed by atoms with Gasteiger partial charge in [-0.25, -0.2) is 4.79 Å². The first-order valence-corrected chi connectivity index (χ1v) is 9.83. The third-order valence-corrected chi connectivity index (χ3v) is 4.90. The van der Waals surface area contributed by atoms with E-state index in [1.54, 1.807) is 47.4 Å². The first-order chi connectivity index (χ1) is 14.3. The molecule has 0 unspecified atom stereocenters. The van der Waals surface area contributed by atoms with Crippen LogP contribution in [0.3, 0.4) is 0 Å². The Labute approximate surface area is 175 Å². The van der Waals surface area contributed by atoms with Crippen molar-refractivity contribution in [2.45, 2.75) is 32.7 Å². The van der Waals surface area contributed by atoms with E-state index in [-0.39, 0.29) is 17.6 Å². The average molecular weight is 408 g/mol. The number of nitrogens with one attached hydrogen (secondary N) is 1. The van der Waals surface area contributed by atoms with Crippen LogP contribution in [0.2, 0.25) is 0 Å². The van der Waals surface area contributed by atoms with Gasteiger partial charge in [-0.15, -0.1) is 0 Å². The Kier molecular flexibility index (Phi) is 6.61. The molecule has 2 aromatic rings. The van der Waals surface area contributed by atoms with Gasteiger partial charge in [0.2, 0.25) is 5.91 Å². The summed E-state index contributed by atoms with van der Waals surface area (Å²) in [6.45, 7) is 3.62. The summed E-state index contributed by atoms with van der Waals surface area (Å²) in [5.74, 6) is -1.37. The lowest BCUT2D eigenvalue weighted by molar-refractivity contribution is -0.144. The highest BCUT2D eigenvalue weighted by Gasteiger charge is 2.22. The molecule has 1 aliphatic heterocycles. The molecule has 1 N–H and O–H groups in total. The van der Waals surface area contributed by atoms with Gasteiger partial charge in [-0.05, 0) is 56.7 Å². The molecular formula is C23H24N2O5. The fraction of sp³-hybridized carbons (Fsp3) is 0.304. The summed E-state index contributed by atoms with van der Waals surface area (Å²) in [7, 11) is 0. The van der Waals surface area contributed by atoms with Crippen molar-refractivity contribution in [3.05, 3.63) is 65.2 Å². The zero-order chi connectivity index (χ0) is 21.7. The van der Waals surface area contributed by atoms with E-state index in [1.807, 2.05) is 13.0 Å². The van der Waals surface area contributed by atoms with Crippen molar-refractivity contribution in [1.82, 2.24) is 5.32 Å².